The molecule has 4 heteroatoms. The van der Waals surface area contributed by atoms with Gasteiger partial charge in [-0.15, -0.1) is 0 Å². The molecule has 15 heavy (non-hydrogen) atoms. The summed E-state index contributed by atoms with van der Waals surface area (Å²) in [6, 6.07) is 2.03. The first-order valence-electron chi connectivity index (χ1n) is 5.26. The smallest absolute Gasteiger partial charge is 0.108 e. The lowest BCUT2D eigenvalue weighted by Crippen LogP contribution is -2.43. The number of rotatable bonds is 1. The van der Waals surface area contributed by atoms with E-state index in [4.69, 9.17) is 4.74 Å². The van der Waals surface area contributed by atoms with Gasteiger partial charge in [-0.3, -0.25) is 9.98 Å². The molecule has 0 spiro atoms. The van der Waals surface area contributed by atoms with Gasteiger partial charge in [0.2, 0.25) is 0 Å². The molecule has 1 atom stereocenters. The van der Waals surface area contributed by atoms with Crippen LogP contribution in [0, 0.1) is 0 Å². The number of hydrogen-bond donors (Lipinski definition) is 1. The topological polar surface area (TPSA) is 46.5 Å². The summed E-state index contributed by atoms with van der Waals surface area (Å²) in [6.07, 6.45) is 4.69. The molecule has 2 aliphatic rings. The lowest BCUT2D eigenvalue weighted by Gasteiger charge is -2.23. The molecule has 1 unspecified atom stereocenters. The third kappa shape index (κ3) is 1.66. The minimum atomic E-state index is 0.145. The molecule has 0 radical (unpaired) electrons. The van der Waals surface area contributed by atoms with E-state index in [-0.39, 0.29) is 6.10 Å². The monoisotopic (exact) mass is 203 g/mol. The molecule has 1 saturated heterocycles. The van der Waals surface area contributed by atoms with Gasteiger partial charge in [0.1, 0.15) is 6.10 Å². The molecule has 4 nitrogen and oxygen atoms in total. The molecule has 1 aromatic heterocycles. The average molecular weight is 203 g/mol. The minimum Gasteiger partial charge on any atom is -0.370 e. The summed E-state index contributed by atoms with van der Waals surface area (Å²) in [4.78, 5) is 8.64. The molecule has 1 aromatic rings. The summed E-state index contributed by atoms with van der Waals surface area (Å²) in [6.45, 7) is 2.59. The van der Waals surface area contributed by atoms with Crippen LogP contribution < -0.4 is 5.32 Å². The molecule has 0 aliphatic carbocycles. The van der Waals surface area contributed by atoms with E-state index in [0.717, 1.165) is 37.5 Å². The van der Waals surface area contributed by atoms with E-state index >= 15 is 0 Å². The quantitative estimate of drug-likeness (QED) is 0.730. The predicted octanol–water partition coefficient (Wildman–Crippen LogP) is 0.699. The molecule has 78 valence electrons. The number of nitrogens with zero attached hydrogens (tertiary/aromatic N) is 2. The Kier molecular flexibility index (Phi) is 2.23. The van der Waals surface area contributed by atoms with Gasteiger partial charge in [-0.1, -0.05) is 0 Å². The zero-order chi connectivity index (χ0) is 10.1. The van der Waals surface area contributed by atoms with Crippen molar-refractivity contribution in [2.24, 2.45) is 4.99 Å². The van der Waals surface area contributed by atoms with Crippen molar-refractivity contribution >= 4 is 11.4 Å². The van der Waals surface area contributed by atoms with Crippen molar-refractivity contribution in [1.82, 2.24) is 10.3 Å². The van der Waals surface area contributed by atoms with Gasteiger partial charge >= 0.3 is 0 Å². The Bertz CT molecular complexity index is 397. The summed E-state index contributed by atoms with van der Waals surface area (Å²) in [7, 11) is 0. The number of morpholine rings is 1. The lowest BCUT2D eigenvalue weighted by atomic mass is 10.1. The zero-order valence-corrected chi connectivity index (χ0v) is 8.44. The molecule has 0 amide bonds. The normalized spacial score (nSPS) is 24.8. The number of fused-ring (bicyclic) bond motifs is 1. The Morgan fingerprint density at radius 2 is 2.47 bits per heavy atom. The second kappa shape index (κ2) is 3.72. The van der Waals surface area contributed by atoms with Gasteiger partial charge < -0.3 is 10.1 Å². The van der Waals surface area contributed by atoms with E-state index in [1.807, 2.05) is 18.5 Å². The van der Waals surface area contributed by atoms with Crippen LogP contribution in [0.1, 0.15) is 5.56 Å². The number of hydrogen-bond acceptors (Lipinski definition) is 4. The van der Waals surface area contributed by atoms with Crippen molar-refractivity contribution < 1.29 is 4.74 Å². The maximum Gasteiger partial charge on any atom is 0.108 e. The largest absolute Gasteiger partial charge is 0.370 e. The second-order valence-electron chi connectivity index (χ2n) is 3.85. The first-order chi connectivity index (χ1) is 7.43. The number of aliphatic imine (C=N–C) groups is 1. The Morgan fingerprint density at radius 1 is 1.47 bits per heavy atom. The van der Waals surface area contributed by atoms with Crippen molar-refractivity contribution in [2.45, 2.75) is 12.5 Å². The van der Waals surface area contributed by atoms with Crippen LogP contribution in [0.25, 0.3) is 0 Å². The average Bonchev–Trinajstić information content (AvgIpc) is 2.74. The van der Waals surface area contributed by atoms with Crippen molar-refractivity contribution in [3.8, 4) is 0 Å². The summed E-state index contributed by atoms with van der Waals surface area (Å²) in [5, 5.41) is 3.32. The Balaban J connectivity index is 1.81. The molecule has 1 N–H and O–H groups in total. The standard InChI is InChI=1S/C11H13N3O/c1-2-12-6-10-8(1)5-9(14-10)11-7-13-3-4-15-11/h1-2,6,11,13H,3-5,7H2. The van der Waals surface area contributed by atoms with Crippen LogP contribution >= 0.6 is 0 Å². The maximum absolute atomic E-state index is 5.68. The Morgan fingerprint density at radius 3 is 3.27 bits per heavy atom. The molecular formula is C11H13N3O. The fraction of sp³-hybridized carbons (Fsp3) is 0.455. The highest BCUT2D eigenvalue weighted by atomic mass is 16.5. The van der Waals surface area contributed by atoms with Gasteiger partial charge in [0.25, 0.3) is 0 Å². The highest BCUT2D eigenvalue weighted by Gasteiger charge is 2.24. The van der Waals surface area contributed by atoms with Crippen LogP contribution in [0.2, 0.25) is 0 Å². The zero-order valence-electron chi connectivity index (χ0n) is 8.44. The third-order valence-corrected chi connectivity index (χ3v) is 2.82. The Hall–Kier alpha value is -1.26. The fourth-order valence-corrected chi connectivity index (χ4v) is 2.02. The molecule has 1 fully saturated rings. The molecule has 2 aliphatic heterocycles. The first kappa shape index (κ1) is 9.00. The third-order valence-electron chi connectivity index (χ3n) is 2.82. The first-order valence-corrected chi connectivity index (χ1v) is 5.26. The molecule has 3 rings (SSSR count). The molecule has 0 bridgehead atoms. The second-order valence-corrected chi connectivity index (χ2v) is 3.85. The van der Waals surface area contributed by atoms with E-state index in [0.29, 0.717) is 0 Å². The van der Waals surface area contributed by atoms with Gasteiger partial charge in [-0.25, -0.2) is 0 Å². The predicted molar refractivity (Wildman–Crippen MR) is 57.6 cm³/mol. The van der Waals surface area contributed by atoms with E-state index < -0.39 is 0 Å². The fourth-order valence-electron chi connectivity index (χ4n) is 2.02. The van der Waals surface area contributed by atoms with Crippen molar-refractivity contribution in [3.05, 3.63) is 24.0 Å². The van der Waals surface area contributed by atoms with Crippen molar-refractivity contribution in [3.63, 3.8) is 0 Å². The van der Waals surface area contributed by atoms with Gasteiger partial charge in [0.15, 0.2) is 0 Å². The van der Waals surface area contributed by atoms with Gasteiger partial charge in [0.05, 0.1) is 24.2 Å². The van der Waals surface area contributed by atoms with Crippen LogP contribution in [0.5, 0.6) is 0 Å². The minimum absolute atomic E-state index is 0.145. The highest BCUT2D eigenvalue weighted by molar-refractivity contribution is 5.97. The van der Waals surface area contributed by atoms with E-state index in [1.54, 1.807) is 0 Å². The number of ether oxygens (including phenoxy) is 1. The number of nitrogens with one attached hydrogen (secondary N) is 1. The van der Waals surface area contributed by atoms with E-state index in [9.17, 15) is 0 Å². The van der Waals surface area contributed by atoms with Gasteiger partial charge in [0, 0.05) is 25.7 Å². The Labute approximate surface area is 88.4 Å². The molecule has 0 aromatic carbocycles. The SMILES string of the molecule is c1cc2c(cn1)N=C(C1CNCCO1)C2. The molecular weight excluding hydrogens is 190 g/mol. The number of pyridine rings is 1. The van der Waals surface area contributed by atoms with Crippen LogP contribution in [-0.4, -0.2) is 36.5 Å². The van der Waals surface area contributed by atoms with Crippen LogP contribution in [0.15, 0.2) is 23.5 Å². The van der Waals surface area contributed by atoms with Gasteiger partial charge in [-0.05, 0) is 11.6 Å². The molecule has 0 saturated carbocycles. The summed E-state index contributed by atoms with van der Waals surface area (Å²) < 4.78 is 5.68. The van der Waals surface area contributed by atoms with Crippen LogP contribution in [-0.2, 0) is 11.2 Å². The maximum atomic E-state index is 5.68. The summed E-state index contributed by atoms with van der Waals surface area (Å²) in [5.41, 5.74) is 3.39. The van der Waals surface area contributed by atoms with E-state index in [2.05, 4.69) is 15.3 Å². The van der Waals surface area contributed by atoms with E-state index in [1.165, 1.54) is 5.56 Å². The highest BCUT2D eigenvalue weighted by Crippen LogP contribution is 2.26. The summed E-state index contributed by atoms with van der Waals surface area (Å²) in [5.74, 6) is 0. The van der Waals surface area contributed by atoms with Crippen LogP contribution in [0.4, 0.5) is 5.69 Å². The lowest BCUT2D eigenvalue weighted by molar-refractivity contribution is 0.0704. The number of aromatic nitrogens is 1. The van der Waals surface area contributed by atoms with Crippen molar-refractivity contribution in [1.29, 1.82) is 0 Å². The molecule has 3 heterocycles. The van der Waals surface area contributed by atoms with Crippen LogP contribution in [0.3, 0.4) is 0 Å². The van der Waals surface area contributed by atoms with Gasteiger partial charge in [-0.2, -0.15) is 0 Å². The van der Waals surface area contributed by atoms with Crippen molar-refractivity contribution in [2.75, 3.05) is 19.7 Å². The summed E-state index contributed by atoms with van der Waals surface area (Å²) >= 11 is 0.